The molecule has 0 saturated carbocycles. The van der Waals surface area contributed by atoms with E-state index in [0.29, 0.717) is 11.3 Å². The molecule has 3 rings (SSSR count). The first kappa shape index (κ1) is 13.9. The van der Waals surface area contributed by atoms with Gasteiger partial charge in [-0.1, -0.05) is 12.1 Å². The zero-order valence-electron chi connectivity index (χ0n) is 11.7. The molecule has 110 valence electrons. The molecule has 21 heavy (non-hydrogen) atoms. The van der Waals surface area contributed by atoms with Crippen LogP contribution in [0.2, 0.25) is 0 Å². The van der Waals surface area contributed by atoms with Crippen molar-refractivity contribution in [2.24, 2.45) is 0 Å². The molecule has 0 saturated heterocycles. The van der Waals surface area contributed by atoms with Gasteiger partial charge in [0.2, 0.25) is 0 Å². The van der Waals surface area contributed by atoms with Gasteiger partial charge >= 0.3 is 5.69 Å². The number of para-hydroxylation sites is 1. The molecule has 6 heteroatoms. The van der Waals surface area contributed by atoms with Crippen molar-refractivity contribution in [2.75, 3.05) is 13.6 Å². The maximum Gasteiger partial charge on any atom is 0.323 e. The summed E-state index contributed by atoms with van der Waals surface area (Å²) in [5.41, 5.74) is 1.26. The second kappa shape index (κ2) is 6.15. The average molecular weight is 303 g/mol. The minimum atomic E-state index is -0.219. The number of hydrogen-bond donors (Lipinski definition) is 3. The molecule has 0 aliphatic rings. The van der Waals surface area contributed by atoms with Gasteiger partial charge in [0.05, 0.1) is 5.52 Å². The number of H-pyrrole nitrogens is 2. The van der Waals surface area contributed by atoms with Gasteiger partial charge in [-0.3, -0.25) is 0 Å². The predicted molar refractivity (Wildman–Crippen MR) is 85.2 cm³/mol. The van der Waals surface area contributed by atoms with Crippen molar-refractivity contribution in [2.45, 2.75) is 12.5 Å². The van der Waals surface area contributed by atoms with Crippen molar-refractivity contribution in [1.82, 2.24) is 15.3 Å². The zero-order valence-corrected chi connectivity index (χ0v) is 12.5. The fourth-order valence-electron chi connectivity index (χ4n) is 2.29. The second-order valence-corrected chi connectivity index (χ2v) is 5.75. The smallest absolute Gasteiger partial charge is 0.323 e. The van der Waals surface area contributed by atoms with Crippen LogP contribution in [0.5, 0.6) is 5.75 Å². The molecule has 3 aromatic rings. The van der Waals surface area contributed by atoms with Gasteiger partial charge in [-0.05, 0) is 37.2 Å². The third-order valence-electron chi connectivity index (χ3n) is 3.30. The first-order valence-corrected chi connectivity index (χ1v) is 7.71. The molecule has 0 aliphatic carbocycles. The lowest BCUT2D eigenvalue weighted by atomic mass is 10.2. The fourth-order valence-corrected chi connectivity index (χ4v) is 3.08. The number of rotatable bonds is 6. The van der Waals surface area contributed by atoms with E-state index in [2.05, 4.69) is 21.4 Å². The van der Waals surface area contributed by atoms with Crippen molar-refractivity contribution in [3.05, 3.63) is 51.1 Å². The van der Waals surface area contributed by atoms with Crippen molar-refractivity contribution < 1.29 is 4.74 Å². The Morgan fingerprint density at radius 2 is 2.19 bits per heavy atom. The third kappa shape index (κ3) is 3.01. The van der Waals surface area contributed by atoms with Crippen LogP contribution in [-0.4, -0.2) is 23.6 Å². The Kier molecular flexibility index (Phi) is 4.08. The molecule has 2 aromatic heterocycles. The van der Waals surface area contributed by atoms with E-state index in [1.54, 1.807) is 11.3 Å². The van der Waals surface area contributed by atoms with Crippen molar-refractivity contribution in [1.29, 1.82) is 0 Å². The highest BCUT2D eigenvalue weighted by Gasteiger charge is 2.16. The molecule has 2 heterocycles. The molecule has 3 N–H and O–H groups in total. The van der Waals surface area contributed by atoms with Crippen molar-refractivity contribution >= 4 is 22.4 Å². The molecule has 0 radical (unpaired) electrons. The van der Waals surface area contributed by atoms with Crippen LogP contribution in [0, 0.1) is 0 Å². The van der Waals surface area contributed by atoms with Crippen LogP contribution in [0.15, 0.2) is 40.5 Å². The number of hydrogen-bond acceptors (Lipinski definition) is 4. The molecular formula is C15H17N3O2S. The molecule has 5 nitrogen and oxygen atoms in total. The van der Waals surface area contributed by atoms with Gasteiger partial charge < -0.3 is 20.0 Å². The van der Waals surface area contributed by atoms with E-state index in [9.17, 15) is 4.79 Å². The van der Waals surface area contributed by atoms with E-state index in [4.69, 9.17) is 4.74 Å². The quantitative estimate of drug-likeness (QED) is 0.655. The summed E-state index contributed by atoms with van der Waals surface area (Å²) in [7, 11) is 1.93. The number of imidazole rings is 1. The summed E-state index contributed by atoms with van der Waals surface area (Å²) in [6, 6.07) is 9.71. The standard InChI is InChI=1S/C15H17N3O2S/c1-16-8-7-11(13-6-3-9-21-13)20-12-5-2-4-10-14(12)18-15(19)17-10/h2-6,9,11,16H,7-8H2,1H3,(H2,17,18,19). The van der Waals surface area contributed by atoms with Gasteiger partial charge in [0.1, 0.15) is 17.4 Å². The fraction of sp³-hybridized carbons (Fsp3) is 0.267. The van der Waals surface area contributed by atoms with Gasteiger partial charge in [-0.2, -0.15) is 0 Å². The monoisotopic (exact) mass is 303 g/mol. The molecule has 0 bridgehead atoms. The lowest BCUT2D eigenvalue weighted by Gasteiger charge is -2.18. The van der Waals surface area contributed by atoms with Crippen molar-refractivity contribution in [3.63, 3.8) is 0 Å². The van der Waals surface area contributed by atoms with Crippen LogP contribution in [0.4, 0.5) is 0 Å². The zero-order chi connectivity index (χ0) is 14.7. The average Bonchev–Trinajstić information content (AvgIpc) is 3.11. The maximum absolute atomic E-state index is 11.5. The number of fused-ring (bicyclic) bond motifs is 1. The van der Waals surface area contributed by atoms with Crippen LogP contribution in [0.1, 0.15) is 17.4 Å². The maximum atomic E-state index is 11.5. The SMILES string of the molecule is CNCCC(Oc1cccc2[nH]c(=O)[nH]c12)c1cccs1. The molecule has 0 spiro atoms. The van der Waals surface area contributed by atoms with Crippen LogP contribution in [-0.2, 0) is 0 Å². The van der Waals surface area contributed by atoms with E-state index in [-0.39, 0.29) is 11.8 Å². The Morgan fingerprint density at radius 1 is 1.29 bits per heavy atom. The number of thiophene rings is 1. The van der Waals surface area contributed by atoms with E-state index in [1.807, 2.05) is 36.7 Å². The Hall–Kier alpha value is -2.05. The Balaban J connectivity index is 1.92. The summed E-state index contributed by atoms with van der Waals surface area (Å²) in [4.78, 5) is 18.2. The normalized spacial score (nSPS) is 12.6. The van der Waals surface area contributed by atoms with E-state index < -0.39 is 0 Å². The van der Waals surface area contributed by atoms with Crippen molar-refractivity contribution in [3.8, 4) is 5.75 Å². The van der Waals surface area contributed by atoms with Gasteiger partial charge in [0.15, 0.2) is 0 Å². The van der Waals surface area contributed by atoms with Gasteiger partial charge in [0, 0.05) is 11.3 Å². The van der Waals surface area contributed by atoms with E-state index in [0.717, 1.165) is 18.5 Å². The summed E-state index contributed by atoms with van der Waals surface area (Å²) in [6.07, 6.45) is 0.837. The molecular weight excluding hydrogens is 286 g/mol. The predicted octanol–water partition coefficient (Wildman–Crippen LogP) is 2.65. The van der Waals surface area contributed by atoms with E-state index >= 15 is 0 Å². The second-order valence-electron chi connectivity index (χ2n) is 4.77. The minimum absolute atomic E-state index is 0.0264. The first-order chi connectivity index (χ1) is 10.3. The third-order valence-corrected chi connectivity index (χ3v) is 4.26. The molecule has 0 fully saturated rings. The number of aromatic nitrogens is 2. The van der Waals surface area contributed by atoms with Crippen LogP contribution < -0.4 is 15.7 Å². The number of benzene rings is 1. The Labute approximate surface area is 126 Å². The summed E-state index contributed by atoms with van der Waals surface area (Å²) in [5, 5.41) is 5.19. The molecule has 1 unspecified atom stereocenters. The van der Waals surface area contributed by atoms with Crippen LogP contribution in [0.3, 0.4) is 0 Å². The van der Waals surface area contributed by atoms with Gasteiger partial charge in [0.25, 0.3) is 0 Å². The lowest BCUT2D eigenvalue weighted by molar-refractivity contribution is 0.201. The molecule has 0 amide bonds. The van der Waals surface area contributed by atoms with Crippen LogP contribution >= 0.6 is 11.3 Å². The number of nitrogens with one attached hydrogen (secondary N) is 3. The number of ether oxygens (including phenoxy) is 1. The van der Waals surface area contributed by atoms with Gasteiger partial charge in [-0.15, -0.1) is 11.3 Å². The first-order valence-electron chi connectivity index (χ1n) is 6.83. The Morgan fingerprint density at radius 3 is 2.95 bits per heavy atom. The topological polar surface area (TPSA) is 69.9 Å². The summed E-state index contributed by atoms with van der Waals surface area (Å²) < 4.78 is 6.17. The highest BCUT2D eigenvalue weighted by Crippen LogP contribution is 2.30. The molecule has 1 aromatic carbocycles. The summed E-state index contributed by atoms with van der Waals surface area (Å²) >= 11 is 1.68. The van der Waals surface area contributed by atoms with E-state index in [1.165, 1.54) is 4.88 Å². The highest BCUT2D eigenvalue weighted by atomic mass is 32.1. The number of aromatic amines is 2. The Bertz CT molecular complexity index is 761. The largest absolute Gasteiger partial charge is 0.483 e. The highest BCUT2D eigenvalue weighted by molar-refractivity contribution is 7.10. The summed E-state index contributed by atoms with van der Waals surface area (Å²) in [6.45, 7) is 0.863. The van der Waals surface area contributed by atoms with Crippen LogP contribution in [0.25, 0.3) is 11.0 Å². The minimum Gasteiger partial charge on any atom is -0.483 e. The lowest BCUT2D eigenvalue weighted by Crippen LogP contribution is -2.15. The molecule has 0 aliphatic heterocycles. The molecule has 1 atom stereocenters. The van der Waals surface area contributed by atoms with Gasteiger partial charge in [-0.25, -0.2) is 4.79 Å². The summed E-state index contributed by atoms with van der Waals surface area (Å²) in [5.74, 6) is 0.695.